The van der Waals surface area contributed by atoms with E-state index in [1.54, 1.807) is 0 Å². The van der Waals surface area contributed by atoms with Gasteiger partial charge in [-0.1, -0.05) is 146 Å². The molecule has 13 aromatic rings. The summed E-state index contributed by atoms with van der Waals surface area (Å²) in [6.07, 6.45) is 2.96. The first kappa shape index (κ1) is 37.9. The van der Waals surface area contributed by atoms with Crippen LogP contribution in [-0.4, -0.2) is 19.1 Å². The Labute approximate surface area is 382 Å². The maximum absolute atomic E-state index is 5.18. The predicted octanol–water partition coefficient (Wildman–Crippen LogP) is 16.7. The van der Waals surface area contributed by atoms with Crippen molar-refractivity contribution in [2.45, 2.75) is 13.3 Å². The summed E-state index contributed by atoms with van der Waals surface area (Å²) in [4.78, 5) is 10.3. The van der Waals surface area contributed by atoms with Gasteiger partial charge in [-0.2, -0.15) is 0 Å². The fraction of sp³-hybridized carbons (Fsp3) is 0.0323. The first-order valence-corrected chi connectivity index (χ1v) is 22.8. The zero-order chi connectivity index (χ0) is 43.9. The molecule has 0 aliphatic heterocycles. The highest BCUT2D eigenvalue weighted by atomic mass is 15.0. The van der Waals surface area contributed by atoms with Crippen molar-refractivity contribution in [3.63, 3.8) is 0 Å². The number of nitrogens with zero attached hydrogens (tertiary/aromatic N) is 4. The van der Waals surface area contributed by atoms with E-state index in [4.69, 9.17) is 9.97 Å². The van der Waals surface area contributed by atoms with E-state index in [9.17, 15) is 0 Å². The van der Waals surface area contributed by atoms with Crippen molar-refractivity contribution in [2.24, 2.45) is 0 Å². The van der Waals surface area contributed by atoms with Crippen molar-refractivity contribution in [1.82, 2.24) is 19.1 Å². The van der Waals surface area contributed by atoms with E-state index >= 15 is 0 Å². The molecule has 0 N–H and O–H groups in total. The molecule has 0 unspecified atom stereocenters. The average Bonchev–Trinajstić information content (AvgIpc) is 4.02. The Bertz CT molecular complexity index is 4110. The van der Waals surface area contributed by atoms with Crippen LogP contribution in [0.5, 0.6) is 0 Å². The summed E-state index contributed by atoms with van der Waals surface area (Å²) < 4.78 is 4.79. The summed E-state index contributed by atoms with van der Waals surface area (Å²) in [6.45, 7) is 5.54. The highest BCUT2D eigenvalue weighted by Crippen LogP contribution is 2.46. The number of para-hydroxylation sites is 3. The maximum Gasteiger partial charge on any atom is 0.160 e. The van der Waals surface area contributed by atoms with Gasteiger partial charge in [-0.05, 0) is 123 Å². The van der Waals surface area contributed by atoms with Crippen molar-refractivity contribution in [1.29, 1.82) is 0 Å². The molecule has 10 aromatic carbocycles. The van der Waals surface area contributed by atoms with Crippen molar-refractivity contribution < 1.29 is 0 Å². The summed E-state index contributed by atoms with van der Waals surface area (Å²) in [6, 6.07) is 75.0. The fourth-order valence-electron chi connectivity index (χ4n) is 10.4. The molecular formula is C62H42N4. The van der Waals surface area contributed by atoms with E-state index in [1.165, 1.54) is 93.3 Å². The average molecular weight is 843 g/mol. The Balaban J connectivity index is 0.00000105. The minimum Gasteiger partial charge on any atom is -0.309 e. The van der Waals surface area contributed by atoms with Gasteiger partial charge in [0.1, 0.15) is 0 Å². The number of hydrogen-bond acceptors (Lipinski definition) is 2. The molecule has 1 aliphatic carbocycles. The van der Waals surface area contributed by atoms with Gasteiger partial charge in [0.25, 0.3) is 0 Å². The van der Waals surface area contributed by atoms with Gasteiger partial charge in [-0.25, -0.2) is 9.97 Å². The molecule has 310 valence electrons. The van der Waals surface area contributed by atoms with Crippen LogP contribution in [0.25, 0.3) is 132 Å². The Hall–Kier alpha value is -8.60. The molecule has 3 heterocycles. The summed E-state index contributed by atoms with van der Waals surface area (Å²) in [5.74, 6) is 0.751. The van der Waals surface area contributed by atoms with Crippen LogP contribution in [0.15, 0.2) is 219 Å². The predicted molar refractivity (Wildman–Crippen MR) is 279 cm³/mol. The van der Waals surface area contributed by atoms with Gasteiger partial charge in [0, 0.05) is 49.4 Å². The molecule has 1 aliphatic rings. The van der Waals surface area contributed by atoms with E-state index in [-0.39, 0.29) is 0 Å². The molecule has 0 radical (unpaired) electrons. The van der Waals surface area contributed by atoms with Crippen LogP contribution in [0.2, 0.25) is 0 Å². The van der Waals surface area contributed by atoms with Crippen LogP contribution in [0.1, 0.15) is 13.3 Å². The molecule has 0 bridgehead atoms. The minimum atomic E-state index is 0.751. The molecular weight excluding hydrogens is 801 g/mol. The number of hydrogen-bond donors (Lipinski definition) is 0. The van der Waals surface area contributed by atoms with Gasteiger partial charge in [0.05, 0.1) is 33.3 Å². The van der Waals surface area contributed by atoms with Crippen LogP contribution in [0.4, 0.5) is 0 Å². The molecule has 4 nitrogen and oxygen atoms in total. The SMILES string of the molecule is C=CCC.c1ccc(-n2c3ccccc3c3c4ccc(-c5ccc6c(c5)c5ccccc5n6-c5ccc6cc(-c7nc8c9c(cccc9n7)-c7ccccc7-8)ccc6c5)cc4ccc32)cc1. The second-order valence-electron chi connectivity index (χ2n) is 17.3. The molecule has 0 atom stereocenters. The van der Waals surface area contributed by atoms with Crippen molar-refractivity contribution in [2.75, 3.05) is 0 Å². The monoisotopic (exact) mass is 842 g/mol. The summed E-state index contributed by atoms with van der Waals surface area (Å²) in [5, 5.41) is 11.0. The zero-order valence-electron chi connectivity index (χ0n) is 36.4. The van der Waals surface area contributed by atoms with Gasteiger partial charge in [-0.3, -0.25) is 0 Å². The Morgan fingerprint density at radius 2 is 1.02 bits per heavy atom. The van der Waals surface area contributed by atoms with Gasteiger partial charge in [-0.15, -0.1) is 6.58 Å². The molecule has 66 heavy (non-hydrogen) atoms. The largest absolute Gasteiger partial charge is 0.309 e. The number of benzene rings is 10. The van der Waals surface area contributed by atoms with Crippen LogP contribution < -0.4 is 0 Å². The first-order chi connectivity index (χ1) is 32.6. The summed E-state index contributed by atoms with van der Waals surface area (Å²) >= 11 is 0. The van der Waals surface area contributed by atoms with E-state index in [1.807, 2.05) is 6.08 Å². The van der Waals surface area contributed by atoms with Crippen molar-refractivity contribution in [3.8, 4) is 56.3 Å². The Kier molecular flexibility index (Phi) is 8.62. The van der Waals surface area contributed by atoms with Gasteiger partial charge < -0.3 is 9.13 Å². The molecule has 0 saturated carbocycles. The second kappa shape index (κ2) is 15.0. The third kappa shape index (κ3) is 5.78. The normalized spacial score (nSPS) is 11.8. The topological polar surface area (TPSA) is 35.6 Å². The maximum atomic E-state index is 5.18. The lowest BCUT2D eigenvalue weighted by molar-refractivity contribution is 1.18. The molecule has 0 saturated heterocycles. The van der Waals surface area contributed by atoms with Gasteiger partial charge in [0.15, 0.2) is 5.82 Å². The zero-order valence-corrected chi connectivity index (χ0v) is 36.4. The van der Waals surface area contributed by atoms with E-state index in [0.29, 0.717) is 0 Å². The number of aromatic nitrogens is 4. The molecule has 14 rings (SSSR count). The fourth-order valence-corrected chi connectivity index (χ4v) is 10.4. The highest BCUT2D eigenvalue weighted by molar-refractivity contribution is 6.22. The molecule has 0 spiro atoms. The molecule has 4 heteroatoms. The second-order valence-corrected chi connectivity index (χ2v) is 17.3. The highest BCUT2D eigenvalue weighted by Gasteiger charge is 2.24. The number of rotatable bonds is 5. The lowest BCUT2D eigenvalue weighted by Crippen LogP contribution is -1.95. The molecule has 0 fully saturated rings. The lowest BCUT2D eigenvalue weighted by Gasteiger charge is -2.11. The number of allylic oxidation sites excluding steroid dienone is 1. The van der Waals surface area contributed by atoms with E-state index in [0.717, 1.165) is 45.5 Å². The lowest BCUT2D eigenvalue weighted by atomic mass is 9.97. The van der Waals surface area contributed by atoms with E-state index in [2.05, 4.69) is 229 Å². The van der Waals surface area contributed by atoms with Crippen LogP contribution in [-0.2, 0) is 0 Å². The van der Waals surface area contributed by atoms with Crippen LogP contribution >= 0.6 is 0 Å². The van der Waals surface area contributed by atoms with Crippen molar-refractivity contribution in [3.05, 3.63) is 219 Å². The Morgan fingerprint density at radius 1 is 0.409 bits per heavy atom. The van der Waals surface area contributed by atoms with Crippen LogP contribution in [0.3, 0.4) is 0 Å². The van der Waals surface area contributed by atoms with Gasteiger partial charge in [0.2, 0.25) is 0 Å². The minimum absolute atomic E-state index is 0.751. The molecule has 0 amide bonds. The summed E-state index contributed by atoms with van der Waals surface area (Å²) in [5.41, 5.74) is 16.2. The first-order valence-electron chi connectivity index (χ1n) is 22.8. The van der Waals surface area contributed by atoms with Gasteiger partial charge >= 0.3 is 0 Å². The molecule has 3 aromatic heterocycles. The van der Waals surface area contributed by atoms with E-state index < -0.39 is 0 Å². The summed E-state index contributed by atoms with van der Waals surface area (Å²) in [7, 11) is 0. The third-order valence-electron chi connectivity index (χ3n) is 13.5. The third-order valence-corrected chi connectivity index (χ3v) is 13.5. The Morgan fingerprint density at radius 3 is 1.86 bits per heavy atom. The smallest absolute Gasteiger partial charge is 0.160 e. The quantitative estimate of drug-likeness (QED) is 0.162. The van der Waals surface area contributed by atoms with Crippen LogP contribution in [0, 0.1) is 0 Å². The van der Waals surface area contributed by atoms with Crippen molar-refractivity contribution >= 4 is 76.1 Å². The standard InChI is InChI=1S/C58H34N4.C4H8/c1-2-11-41(12-3-1)61-52-20-9-7-16-48(52)55-43-28-24-36(31-39(43)26-30-54(55)61)38-25-29-53-49(34-38)45-14-6-8-19-51(45)62(53)42-27-23-35-32-40(22-21-37(35)33-42)58-59-50-18-10-17-46-44-13-4-5-15-47(44)57(60-58)56(46)50;1-3-4-2/h1-34H;3H,1,4H2,2H3. The number of fused-ring (bicyclic) bond motifs is 12.